The molecular formula is C25H33ClN4O2. The molecule has 0 spiro atoms. The molecule has 0 radical (unpaired) electrons. The second kappa shape index (κ2) is 9.26. The first-order chi connectivity index (χ1) is 15.4. The quantitative estimate of drug-likeness (QED) is 0.382. The van der Waals surface area contributed by atoms with E-state index >= 15 is 0 Å². The van der Waals surface area contributed by atoms with Crippen molar-refractivity contribution in [3.05, 3.63) is 28.7 Å². The Labute approximate surface area is 195 Å². The first-order valence-electron chi connectivity index (χ1n) is 11.8. The molecule has 32 heavy (non-hydrogen) atoms. The Morgan fingerprint density at radius 1 is 1.16 bits per heavy atom. The second-order valence-corrected chi connectivity index (χ2v) is 9.10. The summed E-state index contributed by atoms with van der Waals surface area (Å²) in [6.07, 6.45) is 5.12. The van der Waals surface area contributed by atoms with Crippen molar-refractivity contribution in [2.75, 3.05) is 13.2 Å². The van der Waals surface area contributed by atoms with Crippen LogP contribution in [0.4, 0.5) is 0 Å². The van der Waals surface area contributed by atoms with E-state index in [4.69, 9.17) is 36.0 Å². The van der Waals surface area contributed by atoms with E-state index < -0.39 is 0 Å². The van der Waals surface area contributed by atoms with Crippen molar-refractivity contribution in [3.63, 3.8) is 0 Å². The third-order valence-electron chi connectivity index (χ3n) is 6.49. The molecule has 1 aliphatic heterocycles. The summed E-state index contributed by atoms with van der Waals surface area (Å²) in [5.74, 6) is 2.00. The van der Waals surface area contributed by atoms with Crippen LogP contribution in [0.15, 0.2) is 12.3 Å². The maximum atomic E-state index is 6.74. The molecule has 0 saturated carbocycles. The summed E-state index contributed by atoms with van der Waals surface area (Å²) >= 11 is 6.74. The first kappa shape index (κ1) is 22.8. The van der Waals surface area contributed by atoms with E-state index in [0.29, 0.717) is 41.9 Å². The van der Waals surface area contributed by atoms with Gasteiger partial charge in [0.1, 0.15) is 17.0 Å². The summed E-state index contributed by atoms with van der Waals surface area (Å²) in [5.41, 5.74) is 5.17. The predicted molar refractivity (Wildman–Crippen MR) is 129 cm³/mol. The van der Waals surface area contributed by atoms with Gasteiger partial charge < -0.3 is 14.0 Å². The highest BCUT2D eigenvalue weighted by Crippen LogP contribution is 2.43. The predicted octanol–water partition coefficient (Wildman–Crippen LogP) is 6.60. The molecule has 0 saturated heterocycles. The van der Waals surface area contributed by atoms with Gasteiger partial charge in [-0.05, 0) is 43.7 Å². The van der Waals surface area contributed by atoms with Gasteiger partial charge in [0.25, 0.3) is 0 Å². The lowest BCUT2D eigenvalue weighted by molar-refractivity contribution is 0.303. The van der Waals surface area contributed by atoms with Crippen LogP contribution in [-0.4, -0.2) is 32.7 Å². The fourth-order valence-electron chi connectivity index (χ4n) is 4.54. The van der Waals surface area contributed by atoms with Crippen molar-refractivity contribution >= 4 is 22.8 Å². The number of pyridine rings is 1. The topological polar surface area (TPSA) is 62.1 Å². The maximum absolute atomic E-state index is 6.74. The molecule has 0 N–H and O–H groups in total. The van der Waals surface area contributed by atoms with Crippen molar-refractivity contribution in [1.29, 1.82) is 0 Å². The number of halogens is 1. The third kappa shape index (κ3) is 3.83. The summed E-state index contributed by atoms with van der Waals surface area (Å²) in [6.45, 7) is 14.0. The van der Waals surface area contributed by atoms with Crippen LogP contribution in [0.1, 0.15) is 77.6 Å². The lowest BCUT2D eigenvalue weighted by atomic mass is 9.94. The minimum atomic E-state index is 0.253. The molecule has 4 rings (SSSR count). The molecular weight excluding hydrogens is 424 g/mol. The zero-order valence-electron chi connectivity index (χ0n) is 19.9. The third-order valence-corrected chi connectivity index (χ3v) is 6.75. The van der Waals surface area contributed by atoms with Gasteiger partial charge in [0.05, 0.1) is 24.5 Å². The number of fused-ring (bicyclic) bond motifs is 2. The van der Waals surface area contributed by atoms with Crippen LogP contribution in [0.25, 0.3) is 22.4 Å². The van der Waals surface area contributed by atoms with E-state index in [1.807, 2.05) is 13.0 Å². The highest BCUT2D eigenvalue weighted by molar-refractivity contribution is 6.32. The summed E-state index contributed by atoms with van der Waals surface area (Å²) in [7, 11) is 0. The molecule has 1 aliphatic rings. The number of aryl methyl sites for hydroxylation is 1. The molecule has 1 unspecified atom stereocenters. The molecule has 0 aliphatic carbocycles. The lowest BCUT2D eigenvalue weighted by Gasteiger charge is -2.16. The Morgan fingerprint density at radius 3 is 2.53 bits per heavy atom. The van der Waals surface area contributed by atoms with Crippen LogP contribution in [0, 0.1) is 5.92 Å². The number of nitrogens with zero attached hydrogens (tertiary/aromatic N) is 4. The van der Waals surface area contributed by atoms with E-state index in [1.54, 1.807) is 0 Å². The Morgan fingerprint density at radius 2 is 1.91 bits per heavy atom. The normalized spacial score (nSPS) is 15.6. The van der Waals surface area contributed by atoms with Gasteiger partial charge in [-0.15, -0.1) is 0 Å². The van der Waals surface area contributed by atoms with E-state index in [-0.39, 0.29) is 5.92 Å². The van der Waals surface area contributed by atoms with Gasteiger partial charge in [-0.3, -0.25) is 0 Å². The van der Waals surface area contributed by atoms with Gasteiger partial charge in [0.15, 0.2) is 10.8 Å². The van der Waals surface area contributed by atoms with Gasteiger partial charge in [0, 0.05) is 18.2 Å². The van der Waals surface area contributed by atoms with E-state index in [2.05, 4.69) is 45.4 Å². The van der Waals surface area contributed by atoms with Gasteiger partial charge in [-0.2, -0.15) is 0 Å². The molecule has 0 fully saturated rings. The molecule has 0 bridgehead atoms. The van der Waals surface area contributed by atoms with Crippen molar-refractivity contribution in [2.24, 2.45) is 5.92 Å². The number of ether oxygens (including phenoxy) is 2. The van der Waals surface area contributed by atoms with Crippen molar-refractivity contribution in [3.8, 4) is 22.9 Å². The van der Waals surface area contributed by atoms with Crippen molar-refractivity contribution in [1.82, 2.24) is 19.5 Å². The number of aromatic nitrogens is 4. The Balaban J connectivity index is 1.91. The standard InChI is InChI=1S/C25H33ClN4O2/c1-7-15-12-30(16(8-2)9-3)24-20(15)27-22(23(26)29-24)17-11-19-21(28-25(17)31-10-4)18(13-32-19)14(5)6/h11-12,14,16,18H,7-10,13H2,1-6H3. The van der Waals surface area contributed by atoms with Crippen molar-refractivity contribution < 1.29 is 9.47 Å². The summed E-state index contributed by atoms with van der Waals surface area (Å²) < 4.78 is 14.2. The Kier molecular flexibility index (Phi) is 6.61. The largest absolute Gasteiger partial charge is 0.491 e. The smallest absolute Gasteiger partial charge is 0.223 e. The van der Waals surface area contributed by atoms with Gasteiger partial charge in [0.2, 0.25) is 5.88 Å². The fraction of sp³-hybridized carbons (Fsp3) is 0.560. The number of hydrogen-bond acceptors (Lipinski definition) is 5. The van der Waals surface area contributed by atoms with Gasteiger partial charge in [-0.25, -0.2) is 15.0 Å². The Hall–Kier alpha value is -2.34. The van der Waals surface area contributed by atoms with E-state index in [0.717, 1.165) is 47.4 Å². The average Bonchev–Trinajstić information content (AvgIpc) is 3.35. The van der Waals surface area contributed by atoms with Crippen LogP contribution < -0.4 is 9.47 Å². The summed E-state index contributed by atoms with van der Waals surface area (Å²) in [4.78, 5) is 14.7. The summed E-state index contributed by atoms with van der Waals surface area (Å²) in [6, 6.07) is 2.34. The highest BCUT2D eigenvalue weighted by atomic mass is 35.5. The van der Waals surface area contributed by atoms with Crippen LogP contribution >= 0.6 is 11.6 Å². The van der Waals surface area contributed by atoms with Gasteiger partial charge >= 0.3 is 0 Å². The highest BCUT2D eigenvalue weighted by Gasteiger charge is 2.31. The Bertz CT molecular complexity index is 1120. The number of rotatable bonds is 8. The minimum Gasteiger partial charge on any atom is -0.491 e. The molecule has 1 atom stereocenters. The van der Waals surface area contributed by atoms with Crippen LogP contribution in [0.5, 0.6) is 11.6 Å². The van der Waals surface area contributed by atoms with E-state index in [1.165, 1.54) is 5.56 Å². The molecule has 0 aromatic carbocycles. The van der Waals surface area contributed by atoms with E-state index in [9.17, 15) is 0 Å². The zero-order chi connectivity index (χ0) is 23.0. The molecule has 172 valence electrons. The second-order valence-electron chi connectivity index (χ2n) is 8.74. The average molecular weight is 457 g/mol. The van der Waals surface area contributed by atoms with Gasteiger partial charge in [-0.1, -0.05) is 46.2 Å². The molecule has 6 nitrogen and oxygen atoms in total. The molecule has 7 heteroatoms. The molecule has 0 amide bonds. The fourth-order valence-corrected chi connectivity index (χ4v) is 4.76. The van der Waals surface area contributed by atoms with Crippen LogP contribution in [0.2, 0.25) is 5.15 Å². The SMILES string of the molecule is CCOc1nc2c(cc1-c1nc3c(CC)cn(C(CC)CC)c3nc1Cl)OCC2C(C)C. The molecule has 4 heterocycles. The first-order valence-corrected chi connectivity index (χ1v) is 12.2. The zero-order valence-corrected chi connectivity index (χ0v) is 20.7. The lowest BCUT2D eigenvalue weighted by Crippen LogP contribution is -2.10. The molecule has 3 aromatic rings. The summed E-state index contributed by atoms with van der Waals surface area (Å²) in [5, 5.41) is 0.353. The molecule has 3 aromatic heterocycles. The monoisotopic (exact) mass is 456 g/mol. The van der Waals surface area contributed by atoms with Crippen LogP contribution in [-0.2, 0) is 6.42 Å². The minimum absolute atomic E-state index is 0.253. The number of hydrogen-bond donors (Lipinski definition) is 0. The van der Waals surface area contributed by atoms with Crippen molar-refractivity contribution in [2.45, 2.75) is 72.8 Å². The maximum Gasteiger partial charge on any atom is 0.223 e. The van der Waals surface area contributed by atoms with Crippen LogP contribution in [0.3, 0.4) is 0 Å².